The smallest absolute Gasteiger partial charge is 0.0714 e. The van der Waals surface area contributed by atoms with E-state index in [1.807, 2.05) is 0 Å². The van der Waals surface area contributed by atoms with E-state index >= 15 is 0 Å². The van der Waals surface area contributed by atoms with Crippen LogP contribution in [0.15, 0.2) is 224 Å². The van der Waals surface area contributed by atoms with Crippen molar-refractivity contribution < 1.29 is 0 Å². The summed E-state index contributed by atoms with van der Waals surface area (Å²) in [4.78, 5) is 2.57. The minimum atomic E-state index is -0.570. The Labute approximate surface area is 388 Å². The van der Waals surface area contributed by atoms with Crippen LogP contribution in [0.4, 0.5) is 17.1 Å². The molecular formula is C65H49N. The van der Waals surface area contributed by atoms with Gasteiger partial charge in [-0.15, -0.1) is 0 Å². The molecule has 66 heavy (non-hydrogen) atoms. The van der Waals surface area contributed by atoms with Crippen molar-refractivity contribution in [3.05, 3.63) is 269 Å². The zero-order valence-electron chi connectivity index (χ0n) is 37.8. The van der Waals surface area contributed by atoms with Gasteiger partial charge in [0.25, 0.3) is 0 Å². The minimum absolute atomic E-state index is 0.151. The number of hydrogen-bond acceptors (Lipinski definition) is 1. The summed E-state index contributed by atoms with van der Waals surface area (Å²) in [6.45, 7) is 9.54. The summed E-state index contributed by atoms with van der Waals surface area (Å²) in [5, 5.41) is 2.51. The predicted octanol–water partition coefficient (Wildman–Crippen LogP) is 17.0. The normalized spacial score (nSPS) is 16.5. The van der Waals surface area contributed by atoms with Crippen LogP contribution < -0.4 is 4.90 Å². The Morgan fingerprint density at radius 2 is 0.788 bits per heavy atom. The van der Waals surface area contributed by atoms with Gasteiger partial charge in [-0.3, -0.25) is 0 Å². The average molecular weight is 844 g/mol. The molecule has 0 spiro atoms. The molecule has 0 aliphatic heterocycles. The summed E-state index contributed by atoms with van der Waals surface area (Å²) >= 11 is 0. The number of fused-ring (bicyclic) bond motifs is 10. The van der Waals surface area contributed by atoms with Gasteiger partial charge in [0.15, 0.2) is 0 Å². The summed E-state index contributed by atoms with van der Waals surface area (Å²) < 4.78 is 0. The van der Waals surface area contributed by atoms with Crippen molar-refractivity contribution >= 4 is 27.8 Å². The van der Waals surface area contributed by atoms with E-state index in [1.54, 1.807) is 0 Å². The molecule has 3 aliphatic carbocycles. The standard InChI is InChI=1S/C65H49N/c1-63(2)55-24-13-10-21-50(55)52-37-35-48(40-59(52)63)66(49-36-38-53-51-22-11-14-25-56(51)64(3,4)60(53)41-49)61-28-16-27-58-62(61)54-23-12-15-26-57(54)65(58,46-19-6-5-7-20-46)47-33-31-43(32-34-47)45-30-29-42-17-8-9-18-44(42)39-45/h5-41H,1-4H3. The fourth-order valence-electron chi connectivity index (χ4n) is 12.3. The lowest BCUT2D eigenvalue weighted by atomic mass is 9.67. The van der Waals surface area contributed by atoms with Crippen LogP contribution in [0.1, 0.15) is 72.2 Å². The van der Waals surface area contributed by atoms with Crippen LogP contribution in [0.5, 0.6) is 0 Å². The molecule has 1 nitrogen and oxygen atoms in total. The van der Waals surface area contributed by atoms with Gasteiger partial charge in [-0.2, -0.15) is 0 Å². The van der Waals surface area contributed by atoms with Crippen LogP contribution >= 0.6 is 0 Å². The molecule has 3 aliphatic rings. The first-order valence-corrected chi connectivity index (χ1v) is 23.4. The molecule has 0 fully saturated rings. The number of anilines is 3. The van der Waals surface area contributed by atoms with E-state index in [9.17, 15) is 0 Å². The Bertz CT molecular complexity index is 3480. The summed E-state index contributed by atoms with van der Waals surface area (Å²) in [6.07, 6.45) is 0. The summed E-state index contributed by atoms with van der Waals surface area (Å²) in [5.41, 5.74) is 23.5. The molecule has 314 valence electrons. The largest absolute Gasteiger partial charge is 0.310 e. The topological polar surface area (TPSA) is 3.24 Å². The molecule has 0 aromatic heterocycles. The van der Waals surface area contributed by atoms with Crippen molar-refractivity contribution in [2.24, 2.45) is 0 Å². The van der Waals surface area contributed by atoms with Gasteiger partial charge < -0.3 is 4.90 Å². The van der Waals surface area contributed by atoms with Crippen LogP contribution in [0.3, 0.4) is 0 Å². The Morgan fingerprint density at radius 3 is 1.42 bits per heavy atom. The lowest BCUT2D eigenvalue weighted by molar-refractivity contribution is 0.660. The Balaban J connectivity index is 1.05. The van der Waals surface area contributed by atoms with Crippen molar-refractivity contribution in [2.75, 3.05) is 4.90 Å². The first kappa shape index (κ1) is 38.7. The average Bonchev–Trinajstić information content (AvgIpc) is 3.89. The second-order valence-corrected chi connectivity index (χ2v) is 19.6. The third-order valence-electron chi connectivity index (χ3n) is 15.5. The maximum Gasteiger partial charge on any atom is 0.0714 e. The highest BCUT2D eigenvalue weighted by molar-refractivity contribution is 5.99. The van der Waals surface area contributed by atoms with E-state index in [0.717, 1.165) is 11.4 Å². The molecule has 0 amide bonds. The maximum atomic E-state index is 2.57. The number of nitrogens with zero attached hydrogens (tertiary/aromatic N) is 1. The molecular weight excluding hydrogens is 795 g/mol. The molecule has 0 heterocycles. The Kier molecular flexibility index (Phi) is 8.28. The minimum Gasteiger partial charge on any atom is -0.310 e. The first-order valence-electron chi connectivity index (χ1n) is 23.4. The zero-order valence-corrected chi connectivity index (χ0v) is 37.8. The van der Waals surface area contributed by atoms with Crippen molar-refractivity contribution in [1.82, 2.24) is 0 Å². The van der Waals surface area contributed by atoms with Crippen molar-refractivity contribution in [2.45, 2.75) is 43.9 Å². The lowest BCUT2D eigenvalue weighted by Gasteiger charge is -2.35. The van der Waals surface area contributed by atoms with E-state index in [0.29, 0.717) is 0 Å². The van der Waals surface area contributed by atoms with Gasteiger partial charge in [0.05, 0.1) is 11.1 Å². The molecule has 1 heteroatoms. The SMILES string of the molecule is CC1(C)c2ccccc2-c2ccc(N(c3ccc4c(c3)C(C)(C)c3ccccc3-4)c3cccc4c3-c3ccccc3C4(c3ccccc3)c3ccc(-c4ccc5ccccc5c4)cc3)cc21. The third kappa shape index (κ3) is 5.35. The molecule has 1 atom stereocenters. The van der Waals surface area contributed by atoms with E-state index in [1.165, 1.54) is 105 Å². The molecule has 0 radical (unpaired) electrons. The highest BCUT2D eigenvalue weighted by Gasteiger charge is 2.48. The van der Waals surface area contributed by atoms with Gasteiger partial charge in [0.1, 0.15) is 0 Å². The zero-order chi connectivity index (χ0) is 44.4. The van der Waals surface area contributed by atoms with Gasteiger partial charge in [0.2, 0.25) is 0 Å². The molecule has 13 rings (SSSR count). The molecule has 0 saturated heterocycles. The number of benzene rings is 10. The second kappa shape index (κ2) is 14.1. The van der Waals surface area contributed by atoms with Gasteiger partial charge in [-0.1, -0.05) is 216 Å². The molecule has 10 aromatic carbocycles. The van der Waals surface area contributed by atoms with Crippen molar-refractivity contribution in [3.63, 3.8) is 0 Å². The van der Waals surface area contributed by atoms with Crippen LogP contribution in [-0.4, -0.2) is 0 Å². The quantitative estimate of drug-likeness (QED) is 0.161. The molecule has 0 N–H and O–H groups in total. The highest BCUT2D eigenvalue weighted by Crippen LogP contribution is 2.61. The van der Waals surface area contributed by atoms with Crippen molar-refractivity contribution in [3.8, 4) is 44.5 Å². The van der Waals surface area contributed by atoms with Gasteiger partial charge >= 0.3 is 0 Å². The summed E-state index contributed by atoms with van der Waals surface area (Å²) in [5.74, 6) is 0. The molecule has 1 unspecified atom stereocenters. The van der Waals surface area contributed by atoms with E-state index in [-0.39, 0.29) is 10.8 Å². The van der Waals surface area contributed by atoms with E-state index < -0.39 is 5.41 Å². The fourth-order valence-corrected chi connectivity index (χ4v) is 12.3. The summed E-state index contributed by atoms with van der Waals surface area (Å²) in [7, 11) is 0. The fraction of sp³-hybridized carbons (Fsp3) is 0.108. The maximum absolute atomic E-state index is 2.57. The van der Waals surface area contributed by atoms with Gasteiger partial charge in [-0.05, 0) is 131 Å². The van der Waals surface area contributed by atoms with Crippen LogP contribution in [0, 0.1) is 0 Å². The monoisotopic (exact) mass is 843 g/mol. The highest BCUT2D eigenvalue weighted by atomic mass is 15.1. The van der Waals surface area contributed by atoms with E-state index in [2.05, 4.69) is 257 Å². The van der Waals surface area contributed by atoms with Crippen LogP contribution in [0.2, 0.25) is 0 Å². The number of rotatable bonds is 6. The Morgan fingerprint density at radius 1 is 0.303 bits per heavy atom. The van der Waals surface area contributed by atoms with Crippen LogP contribution in [0.25, 0.3) is 55.3 Å². The lowest BCUT2D eigenvalue weighted by Crippen LogP contribution is -2.28. The number of hydrogen-bond donors (Lipinski definition) is 0. The Hall–Kier alpha value is -7.74. The first-order chi connectivity index (χ1) is 32.2. The summed E-state index contributed by atoms with van der Waals surface area (Å²) in [6, 6.07) is 84.6. The third-order valence-corrected chi connectivity index (χ3v) is 15.5. The van der Waals surface area contributed by atoms with Crippen LogP contribution in [-0.2, 0) is 16.2 Å². The predicted molar refractivity (Wildman–Crippen MR) is 276 cm³/mol. The molecule has 10 aromatic rings. The molecule has 0 saturated carbocycles. The second-order valence-electron chi connectivity index (χ2n) is 19.6. The van der Waals surface area contributed by atoms with Gasteiger partial charge in [0, 0.05) is 27.8 Å². The van der Waals surface area contributed by atoms with Crippen molar-refractivity contribution in [1.29, 1.82) is 0 Å². The van der Waals surface area contributed by atoms with E-state index in [4.69, 9.17) is 0 Å². The van der Waals surface area contributed by atoms with Gasteiger partial charge in [-0.25, -0.2) is 0 Å². The molecule has 0 bridgehead atoms.